The van der Waals surface area contributed by atoms with Gasteiger partial charge in [0.15, 0.2) is 5.76 Å². The maximum atomic E-state index is 14.5. The van der Waals surface area contributed by atoms with Crippen molar-refractivity contribution >= 4 is 23.6 Å². The van der Waals surface area contributed by atoms with Gasteiger partial charge in [-0.05, 0) is 55.2 Å². The van der Waals surface area contributed by atoms with Gasteiger partial charge in [-0.3, -0.25) is 19.2 Å². The van der Waals surface area contributed by atoms with Crippen molar-refractivity contribution in [2.24, 2.45) is 0 Å². The summed E-state index contributed by atoms with van der Waals surface area (Å²) in [7, 11) is 0. The van der Waals surface area contributed by atoms with Crippen LogP contribution in [-0.4, -0.2) is 63.8 Å². The summed E-state index contributed by atoms with van der Waals surface area (Å²) in [5, 5.41) is 8.30. The Bertz CT molecular complexity index is 1620. The molecule has 1 aliphatic heterocycles. The van der Waals surface area contributed by atoms with Gasteiger partial charge in [0.1, 0.15) is 24.2 Å². The van der Waals surface area contributed by atoms with Gasteiger partial charge < -0.3 is 29.8 Å². The van der Waals surface area contributed by atoms with Crippen LogP contribution in [0.1, 0.15) is 57.2 Å². The Kier molecular flexibility index (Phi) is 9.48. The van der Waals surface area contributed by atoms with Crippen molar-refractivity contribution < 1.29 is 28.0 Å². The molecule has 2 aromatic heterocycles. The lowest BCUT2D eigenvalue weighted by atomic mass is 10.0. The number of furan rings is 1. The van der Waals surface area contributed by atoms with Gasteiger partial charge in [-0.2, -0.15) is 0 Å². The van der Waals surface area contributed by atoms with Crippen LogP contribution in [0.4, 0.5) is 4.39 Å². The molecule has 0 spiro atoms. The van der Waals surface area contributed by atoms with Crippen molar-refractivity contribution in [3.05, 3.63) is 113 Å². The molecule has 0 radical (unpaired) electrons. The first-order valence-corrected chi connectivity index (χ1v) is 14.3. The van der Waals surface area contributed by atoms with E-state index in [1.165, 1.54) is 24.0 Å². The smallest absolute Gasteiger partial charge is 0.290 e. The summed E-state index contributed by atoms with van der Waals surface area (Å²) in [6, 6.07) is 14.7. The van der Waals surface area contributed by atoms with Crippen LogP contribution in [0.5, 0.6) is 0 Å². The van der Waals surface area contributed by atoms with E-state index in [0.717, 1.165) is 0 Å². The van der Waals surface area contributed by atoms with Gasteiger partial charge in [-0.25, -0.2) is 9.37 Å². The lowest BCUT2D eigenvalue weighted by molar-refractivity contribution is -0.123. The van der Waals surface area contributed by atoms with Crippen LogP contribution in [-0.2, 0) is 22.6 Å². The number of nitrogens with zero attached hydrogens (tertiary/aromatic N) is 3. The highest BCUT2D eigenvalue weighted by Gasteiger charge is 2.28. The predicted octanol–water partition coefficient (Wildman–Crippen LogP) is 2.84. The number of carbonyl (C=O) groups is 4. The summed E-state index contributed by atoms with van der Waals surface area (Å²) in [5.74, 6) is -2.33. The summed E-state index contributed by atoms with van der Waals surface area (Å²) >= 11 is 0. The highest BCUT2D eigenvalue weighted by molar-refractivity contribution is 5.98. The SMILES string of the molecule is C[C@H]1NC(=O)c2cc(ccc2F)CCCNC(=O)CN(C(=O)c2ccc(Cn3ccnc3)o2)C[C@H](c2ccccc2)NC1=O. The van der Waals surface area contributed by atoms with Crippen molar-refractivity contribution in [2.45, 2.75) is 38.4 Å². The Morgan fingerprint density at radius 3 is 2.66 bits per heavy atom. The molecular formula is C32H33FN6O5. The molecule has 12 heteroatoms. The van der Waals surface area contributed by atoms with Crippen molar-refractivity contribution in [1.82, 2.24) is 30.4 Å². The summed E-state index contributed by atoms with van der Waals surface area (Å²) in [4.78, 5) is 58.5. The molecule has 3 heterocycles. The molecule has 5 rings (SSSR count). The number of imidazole rings is 1. The number of fused-ring (bicyclic) bond motifs is 2. The molecule has 4 amide bonds. The highest BCUT2D eigenvalue weighted by atomic mass is 19.1. The van der Waals surface area contributed by atoms with E-state index in [1.807, 2.05) is 6.07 Å². The molecule has 3 N–H and O–H groups in total. The number of amides is 4. The Balaban J connectivity index is 1.43. The van der Waals surface area contributed by atoms with Gasteiger partial charge in [0.25, 0.3) is 11.8 Å². The minimum Gasteiger partial charge on any atom is -0.454 e. The van der Waals surface area contributed by atoms with E-state index in [1.54, 1.807) is 65.8 Å². The normalized spacial score (nSPS) is 18.6. The molecule has 2 atom stereocenters. The topological polar surface area (TPSA) is 139 Å². The number of benzene rings is 2. The first-order valence-electron chi connectivity index (χ1n) is 14.3. The summed E-state index contributed by atoms with van der Waals surface area (Å²) in [6.07, 6.45) is 6.03. The van der Waals surface area contributed by atoms with Gasteiger partial charge in [-0.1, -0.05) is 36.4 Å². The second kappa shape index (κ2) is 13.8. The van der Waals surface area contributed by atoms with Gasteiger partial charge in [-0.15, -0.1) is 0 Å². The van der Waals surface area contributed by atoms with E-state index in [2.05, 4.69) is 20.9 Å². The van der Waals surface area contributed by atoms with Crippen LogP contribution in [0.15, 0.2) is 83.8 Å². The van der Waals surface area contributed by atoms with Gasteiger partial charge in [0, 0.05) is 25.5 Å². The number of rotatable bonds is 4. The Morgan fingerprint density at radius 1 is 1.07 bits per heavy atom. The van der Waals surface area contributed by atoms with E-state index in [-0.39, 0.29) is 24.4 Å². The monoisotopic (exact) mass is 600 g/mol. The van der Waals surface area contributed by atoms with E-state index < -0.39 is 41.5 Å². The molecule has 0 aliphatic carbocycles. The Morgan fingerprint density at radius 2 is 1.89 bits per heavy atom. The quantitative estimate of drug-likeness (QED) is 0.329. The lowest BCUT2D eigenvalue weighted by Gasteiger charge is -2.28. The predicted molar refractivity (Wildman–Crippen MR) is 158 cm³/mol. The third-order valence-corrected chi connectivity index (χ3v) is 7.29. The maximum Gasteiger partial charge on any atom is 0.290 e. The number of carbonyl (C=O) groups excluding carboxylic acids is 4. The molecular weight excluding hydrogens is 567 g/mol. The Labute approximate surface area is 253 Å². The zero-order valence-electron chi connectivity index (χ0n) is 24.2. The fourth-order valence-electron chi connectivity index (χ4n) is 4.94. The molecule has 1 aliphatic rings. The van der Waals surface area contributed by atoms with E-state index >= 15 is 0 Å². The van der Waals surface area contributed by atoms with Crippen LogP contribution < -0.4 is 16.0 Å². The third-order valence-electron chi connectivity index (χ3n) is 7.29. The van der Waals surface area contributed by atoms with E-state index in [9.17, 15) is 23.6 Å². The molecule has 2 aromatic carbocycles. The van der Waals surface area contributed by atoms with Crippen LogP contribution >= 0.6 is 0 Å². The third kappa shape index (κ3) is 7.57. The largest absolute Gasteiger partial charge is 0.454 e. The van der Waals surface area contributed by atoms with Crippen LogP contribution in [0.2, 0.25) is 0 Å². The second-order valence-corrected chi connectivity index (χ2v) is 10.6. The molecule has 228 valence electrons. The second-order valence-electron chi connectivity index (χ2n) is 10.6. The molecule has 4 aromatic rings. The van der Waals surface area contributed by atoms with E-state index in [0.29, 0.717) is 42.8 Å². The molecule has 0 saturated carbocycles. The number of hydrogen-bond donors (Lipinski definition) is 3. The van der Waals surface area contributed by atoms with Gasteiger partial charge in [0.2, 0.25) is 11.8 Å². The van der Waals surface area contributed by atoms with Crippen LogP contribution in [0, 0.1) is 5.82 Å². The number of aromatic nitrogens is 2. The van der Waals surface area contributed by atoms with Gasteiger partial charge in [0.05, 0.1) is 24.5 Å². The average molecular weight is 601 g/mol. The zero-order valence-corrected chi connectivity index (χ0v) is 24.2. The molecule has 0 fully saturated rings. The summed E-state index contributed by atoms with van der Waals surface area (Å²) < 4.78 is 22.2. The molecule has 44 heavy (non-hydrogen) atoms. The van der Waals surface area contributed by atoms with Crippen LogP contribution in [0.3, 0.4) is 0 Å². The summed E-state index contributed by atoms with van der Waals surface area (Å²) in [6.45, 7) is 1.79. The molecule has 0 unspecified atom stereocenters. The fourth-order valence-corrected chi connectivity index (χ4v) is 4.94. The van der Waals surface area contributed by atoms with Crippen LogP contribution in [0.25, 0.3) is 0 Å². The van der Waals surface area contributed by atoms with E-state index in [4.69, 9.17) is 4.42 Å². The number of halogens is 1. The molecule has 0 saturated heterocycles. The number of hydrogen-bond acceptors (Lipinski definition) is 6. The minimum absolute atomic E-state index is 0.0406. The average Bonchev–Trinajstić information content (AvgIpc) is 3.71. The van der Waals surface area contributed by atoms with Crippen molar-refractivity contribution in [2.75, 3.05) is 19.6 Å². The number of aryl methyl sites for hydroxylation is 1. The Hall–Kier alpha value is -5.26. The standard InChI is InChI=1S/C32H33FN6O5/c1-21-30(41)37-27(23-7-3-2-4-8-23)18-39(32(43)28-12-10-24(44-28)17-38-15-14-34-20-38)19-29(40)35-13-5-6-22-9-11-26(33)25(16-22)31(42)36-21/h2-4,7-12,14-16,20-21,27H,5-6,13,17-19H2,1H3,(H,35,40)(H,36,42)(H,37,41)/t21-,27-/m1/s1. The van der Waals surface area contributed by atoms with Crippen molar-refractivity contribution in [3.63, 3.8) is 0 Å². The first-order chi connectivity index (χ1) is 21.3. The van der Waals surface area contributed by atoms with Crippen molar-refractivity contribution in [3.8, 4) is 0 Å². The number of nitrogens with one attached hydrogen (secondary N) is 3. The fraction of sp³-hybridized carbons (Fsp3) is 0.281. The maximum absolute atomic E-state index is 14.5. The van der Waals surface area contributed by atoms with Gasteiger partial charge >= 0.3 is 0 Å². The molecule has 2 bridgehead atoms. The zero-order chi connectivity index (χ0) is 31.1. The highest BCUT2D eigenvalue weighted by Crippen LogP contribution is 2.19. The molecule has 11 nitrogen and oxygen atoms in total. The lowest BCUT2D eigenvalue weighted by Crippen LogP contribution is -2.49. The summed E-state index contributed by atoms with van der Waals surface area (Å²) in [5.41, 5.74) is 1.21. The first kappa shape index (κ1) is 30.2. The minimum atomic E-state index is -1.03. The van der Waals surface area contributed by atoms with Crippen molar-refractivity contribution in [1.29, 1.82) is 0 Å².